The van der Waals surface area contributed by atoms with E-state index in [1.807, 2.05) is 18.2 Å². The molecule has 1 saturated heterocycles. The van der Waals surface area contributed by atoms with Crippen molar-refractivity contribution in [2.45, 2.75) is 44.4 Å². The Morgan fingerprint density at radius 3 is 2.31 bits per heavy atom. The van der Waals surface area contributed by atoms with E-state index in [2.05, 4.69) is 35.1 Å². The van der Waals surface area contributed by atoms with E-state index in [0.29, 0.717) is 19.4 Å². The topological polar surface area (TPSA) is 66.5 Å². The van der Waals surface area contributed by atoms with E-state index in [1.54, 1.807) is 24.3 Å². The van der Waals surface area contributed by atoms with E-state index in [1.165, 1.54) is 4.31 Å². The maximum atomic E-state index is 13.0. The van der Waals surface area contributed by atoms with Crippen LogP contribution < -0.4 is 5.32 Å². The highest BCUT2D eigenvalue weighted by Gasteiger charge is 2.33. The van der Waals surface area contributed by atoms with Crippen molar-refractivity contribution in [1.82, 2.24) is 4.31 Å². The molecule has 3 rings (SSSR count). The van der Waals surface area contributed by atoms with Gasteiger partial charge in [-0.1, -0.05) is 48.0 Å². The predicted molar refractivity (Wildman–Crippen MR) is 119 cm³/mol. The maximum absolute atomic E-state index is 13.0. The van der Waals surface area contributed by atoms with Crippen molar-refractivity contribution in [3.8, 4) is 0 Å². The second kappa shape index (κ2) is 9.41. The number of nitrogens with zero attached hydrogens (tertiary/aromatic N) is 1. The fourth-order valence-electron chi connectivity index (χ4n) is 3.76. The van der Waals surface area contributed by atoms with Crippen LogP contribution in [0.25, 0.3) is 0 Å². The molecule has 0 saturated carbocycles. The van der Waals surface area contributed by atoms with Crippen molar-refractivity contribution in [2.24, 2.45) is 5.92 Å². The van der Waals surface area contributed by atoms with Crippen LogP contribution >= 0.6 is 15.9 Å². The second-order valence-electron chi connectivity index (χ2n) is 7.30. The number of hydrogen-bond acceptors (Lipinski definition) is 3. The van der Waals surface area contributed by atoms with Crippen LogP contribution in [0.5, 0.6) is 0 Å². The lowest BCUT2D eigenvalue weighted by Crippen LogP contribution is -2.43. The Morgan fingerprint density at radius 1 is 1.10 bits per heavy atom. The fourth-order valence-corrected chi connectivity index (χ4v) is 5.55. The van der Waals surface area contributed by atoms with E-state index in [-0.39, 0.29) is 23.3 Å². The van der Waals surface area contributed by atoms with Crippen molar-refractivity contribution < 1.29 is 13.2 Å². The Labute approximate surface area is 181 Å². The molecule has 0 aliphatic carbocycles. The molecule has 2 aromatic rings. The summed E-state index contributed by atoms with van der Waals surface area (Å²) < 4.78 is 28.3. The number of amides is 1. The van der Waals surface area contributed by atoms with Crippen molar-refractivity contribution in [3.63, 3.8) is 0 Å². The summed E-state index contributed by atoms with van der Waals surface area (Å²) in [5.41, 5.74) is 3.09. The van der Waals surface area contributed by atoms with Gasteiger partial charge in [0, 0.05) is 23.2 Å². The first kappa shape index (κ1) is 22.0. The number of para-hydroxylation sites is 1. The van der Waals surface area contributed by atoms with Crippen LogP contribution in [0.4, 0.5) is 5.69 Å². The average molecular weight is 479 g/mol. The molecule has 1 fully saturated rings. The highest BCUT2D eigenvalue weighted by atomic mass is 79.9. The number of sulfonamides is 1. The molecule has 1 heterocycles. The molecule has 7 heteroatoms. The Morgan fingerprint density at radius 2 is 1.72 bits per heavy atom. The molecule has 2 aromatic carbocycles. The summed E-state index contributed by atoms with van der Waals surface area (Å²) in [7, 11) is -3.61. The van der Waals surface area contributed by atoms with Gasteiger partial charge in [0.15, 0.2) is 0 Å². The quantitative estimate of drug-likeness (QED) is 0.658. The third-order valence-electron chi connectivity index (χ3n) is 5.45. The Kier molecular flexibility index (Phi) is 7.14. The number of halogens is 1. The van der Waals surface area contributed by atoms with Crippen molar-refractivity contribution in [2.75, 3.05) is 18.4 Å². The first-order valence-electron chi connectivity index (χ1n) is 10.0. The molecular formula is C22H27BrN2O3S. The number of anilines is 1. The first-order chi connectivity index (χ1) is 13.9. The van der Waals surface area contributed by atoms with Gasteiger partial charge in [0.2, 0.25) is 15.9 Å². The number of hydrogen-bond donors (Lipinski definition) is 1. The summed E-state index contributed by atoms with van der Waals surface area (Å²) in [4.78, 5) is 13.3. The van der Waals surface area contributed by atoms with Crippen LogP contribution in [-0.2, 0) is 27.7 Å². The summed E-state index contributed by atoms with van der Waals surface area (Å²) in [6.07, 6.45) is 3.02. The average Bonchev–Trinajstić information content (AvgIpc) is 2.74. The first-order valence-corrected chi connectivity index (χ1v) is 12.3. The largest absolute Gasteiger partial charge is 0.325 e. The lowest BCUT2D eigenvalue weighted by Gasteiger charge is -2.31. The molecule has 29 heavy (non-hydrogen) atoms. The zero-order valence-corrected chi connectivity index (χ0v) is 19.2. The predicted octanol–water partition coefficient (Wildman–Crippen LogP) is 4.61. The van der Waals surface area contributed by atoms with Gasteiger partial charge in [-0.25, -0.2) is 8.42 Å². The summed E-state index contributed by atoms with van der Waals surface area (Å²) >= 11 is 3.33. The third-order valence-corrected chi connectivity index (χ3v) is 7.86. The number of carbonyl (C=O) groups excluding carboxylic acids is 1. The van der Waals surface area contributed by atoms with Gasteiger partial charge in [-0.3, -0.25) is 4.79 Å². The molecule has 1 aliphatic heterocycles. The number of rotatable bonds is 6. The van der Waals surface area contributed by atoms with Gasteiger partial charge in [0.25, 0.3) is 0 Å². The summed E-state index contributed by atoms with van der Waals surface area (Å²) in [6.45, 7) is 4.78. The molecule has 0 unspecified atom stereocenters. The molecule has 0 radical (unpaired) electrons. The number of nitrogens with one attached hydrogen (secondary N) is 1. The number of benzene rings is 2. The van der Waals surface area contributed by atoms with Gasteiger partial charge in [0.05, 0.1) is 10.8 Å². The van der Waals surface area contributed by atoms with Gasteiger partial charge in [-0.05, 0) is 61.1 Å². The molecule has 1 aliphatic rings. The minimum Gasteiger partial charge on any atom is -0.325 e. The van der Waals surface area contributed by atoms with Gasteiger partial charge in [0.1, 0.15) is 0 Å². The van der Waals surface area contributed by atoms with E-state index in [4.69, 9.17) is 0 Å². The zero-order valence-electron chi connectivity index (χ0n) is 16.8. The molecule has 1 N–H and O–H groups in total. The Bertz CT molecular complexity index is 952. The van der Waals surface area contributed by atoms with Crippen LogP contribution in [-0.4, -0.2) is 31.7 Å². The van der Waals surface area contributed by atoms with Gasteiger partial charge >= 0.3 is 0 Å². The molecule has 156 valence electrons. The van der Waals surface area contributed by atoms with Crippen LogP contribution in [0.3, 0.4) is 0 Å². The number of piperidine rings is 1. The molecule has 0 aromatic heterocycles. The monoisotopic (exact) mass is 478 g/mol. The lowest BCUT2D eigenvalue weighted by atomic mass is 9.97. The van der Waals surface area contributed by atoms with E-state index in [9.17, 15) is 13.2 Å². The van der Waals surface area contributed by atoms with Gasteiger partial charge in [-0.15, -0.1) is 0 Å². The molecule has 1 amide bonds. The van der Waals surface area contributed by atoms with Crippen LogP contribution in [0.15, 0.2) is 51.8 Å². The molecule has 5 nitrogen and oxygen atoms in total. The molecule has 0 spiro atoms. The standard InChI is InChI=1S/C22H27BrN2O3S/c1-3-16-7-5-8-17(4-2)21(16)24-22(26)18-9-6-14-25(15-18)29(27,28)20-12-10-19(23)11-13-20/h5,7-8,10-13,18H,3-4,6,9,14-15H2,1-2H3,(H,24,26)/t18-/m0/s1. The van der Waals surface area contributed by atoms with Crippen molar-refractivity contribution in [1.29, 1.82) is 0 Å². The van der Waals surface area contributed by atoms with E-state index >= 15 is 0 Å². The Balaban J connectivity index is 1.77. The summed E-state index contributed by atoms with van der Waals surface area (Å²) in [5, 5.41) is 3.10. The highest BCUT2D eigenvalue weighted by molar-refractivity contribution is 9.10. The van der Waals surface area contributed by atoms with Crippen LogP contribution in [0.2, 0.25) is 0 Å². The summed E-state index contributed by atoms with van der Waals surface area (Å²) in [6, 6.07) is 12.7. The van der Waals surface area contributed by atoms with Crippen LogP contribution in [0.1, 0.15) is 37.8 Å². The van der Waals surface area contributed by atoms with Crippen molar-refractivity contribution >= 4 is 37.5 Å². The third kappa shape index (κ3) is 4.90. The van der Waals surface area contributed by atoms with Crippen molar-refractivity contribution in [3.05, 3.63) is 58.1 Å². The minimum absolute atomic E-state index is 0.101. The Hall–Kier alpha value is -1.70. The molecule has 0 bridgehead atoms. The normalized spacial score (nSPS) is 17.8. The SMILES string of the molecule is CCc1cccc(CC)c1NC(=O)[C@H]1CCCN(S(=O)(=O)c2ccc(Br)cc2)C1. The van der Waals surface area contributed by atoms with Gasteiger partial charge in [-0.2, -0.15) is 4.31 Å². The molecule has 1 atom stereocenters. The number of aryl methyl sites for hydroxylation is 2. The minimum atomic E-state index is -3.61. The zero-order chi connectivity index (χ0) is 21.0. The fraction of sp³-hybridized carbons (Fsp3) is 0.409. The second-order valence-corrected chi connectivity index (χ2v) is 10.2. The smallest absolute Gasteiger partial charge is 0.243 e. The molecular weight excluding hydrogens is 452 g/mol. The lowest BCUT2D eigenvalue weighted by molar-refractivity contribution is -0.120. The van der Waals surface area contributed by atoms with E-state index in [0.717, 1.165) is 34.1 Å². The van der Waals surface area contributed by atoms with Crippen LogP contribution in [0, 0.1) is 5.92 Å². The number of carbonyl (C=O) groups is 1. The maximum Gasteiger partial charge on any atom is 0.243 e. The summed E-state index contributed by atoms with van der Waals surface area (Å²) in [5.74, 6) is -0.458. The highest BCUT2D eigenvalue weighted by Crippen LogP contribution is 2.28. The van der Waals surface area contributed by atoms with E-state index < -0.39 is 10.0 Å². The van der Waals surface area contributed by atoms with Gasteiger partial charge < -0.3 is 5.32 Å².